The van der Waals surface area contributed by atoms with Crippen molar-refractivity contribution in [3.05, 3.63) is 30.1 Å². The standard InChI is InChI=1S/C14H15FN2O4/c1-9-14(21)16(7-6-13(19)20)12(18)8-17(9)11-4-2-10(15)3-5-11/h2-5,9H,6-8H2,1H3,(H,19,20). The Morgan fingerprint density at radius 2 is 1.95 bits per heavy atom. The highest BCUT2D eigenvalue weighted by Crippen LogP contribution is 2.22. The third-order valence-electron chi connectivity index (χ3n) is 3.41. The van der Waals surface area contributed by atoms with Gasteiger partial charge in [-0.05, 0) is 31.2 Å². The van der Waals surface area contributed by atoms with E-state index in [1.807, 2.05) is 0 Å². The number of carbonyl (C=O) groups is 3. The lowest BCUT2D eigenvalue weighted by Gasteiger charge is -2.38. The van der Waals surface area contributed by atoms with Gasteiger partial charge < -0.3 is 10.0 Å². The first-order valence-electron chi connectivity index (χ1n) is 6.48. The fraction of sp³-hybridized carbons (Fsp3) is 0.357. The SMILES string of the molecule is CC1C(=O)N(CCC(=O)O)C(=O)CN1c1ccc(F)cc1. The average Bonchev–Trinajstić information content (AvgIpc) is 2.43. The molecule has 0 bridgehead atoms. The number of carbonyl (C=O) groups excluding carboxylic acids is 2. The smallest absolute Gasteiger partial charge is 0.305 e. The van der Waals surface area contributed by atoms with Gasteiger partial charge in [-0.1, -0.05) is 0 Å². The number of amides is 2. The largest absolute Gasteiger partial charge is 0.481 e. The van der Waals surface area contributed by atoms with E-state index < -0.39 is 29.6 Å². The third kappa shape index (κ3) is 3.18. The Morgan fingerprint density at radius 3 is 2.52 bits per heavy atom. The van der Waals surface area contributed by atoms with Crippen LogP contribution in [0, 0.1) is 5.82 Å². The van der Waals surface area contributed by atoms with Crippen LogP contribution >= 0.6 is 0 Å². The molecule has 2 amide bonds. The Balaban J connectivity index is 2.16. The van der Waals surface area contributed by atoms with E-state index in [1.165, 1.54) is 24.3 Å². The monoisotopic (exact) mass is 294 g/mol. The number of carboxylic acids is 1. The molecule has 1 aliphatic rings. The number of aliphatic carboxylic acids is 1. The summed E-state index contributed by atoms with van der Waals surface area (Å²) in [5.74, 6) is -2.37. The van der Waals surface area contributed by atoms with Crippen LogP contribution in [0.4, 0.5) is 10.1 Å². The number of carboxylic acid groups (broad SMARTS) is 1. The van der Waals surface area contributed by atoms with Gasteiger partial charge in [0, 0.05) is 12.2 Å². The van der Waals surface area contributed by atoms with Crippen molar-refractivity contribution < 1.29 is 23.9 Å². The van der Waals surface area contributed by atoms with Crippen LogP contribution in [0.5, 0.6) is 0 Å². The summed E-state index contributed by atoms with van der Waals surface area (Å²) in [5.41, 5.74) is 0.573. The molecule has 1 aromatic rings. The van der Waals surface area contributed by atoms with E-state index in [0.717, 1.165) is 4.90 Å². The maximum atomic E-state index is 12.9. The second-order valence-corrected chi connectivity index (χ2v) is 4.81. The average molecular weight is 294 g/mol. The highest BCUT2D eigenvalue weighted by atomic mass is 19.1. The molecule has 0 aliphatic carbocycles. The number of halogens is 1. The first-order valence-corrected chi connectivity index (χ1v) is 6.48. The summed E-state index contributed by atoms with van der Waals surface area (Å²) >= 11 is 0. The molecular weight excluding hydrogens is 279 g/mol. The number of benzene rings is 1. The second-order valence-electron chi connectivity index (χ2n) is 4.81. The number of anilines is 1. The Labute approximate surface area is 120 Å². The molecule has 0 aromatic heterocycles. The minimum absolute atomic E-state index is 0.0435. The highest BCUT2D eigenvalue weighted by molar-refractivity contribution is 6.04. The molecule has 1 N–H and O–H groups in total. The molecule has 1 atom stereocenters. The van der Waals surface area contributed by atoms with Crippen molar-refractivity contribution in [2.75, 3.05) is 18.0 Å². The fourth-order valence-corrected chi connectivity index (χ4v) is 2.24. The second kappa shape index (κ2) is 5.90. The molecule has 0 radical (unpaired) electrons. The molecule has 1 unspecified atom stereocenters. The van der Waals surface area contributed by atoms with E-state index in [1.54, 1.807) is 11.8 Å². The highest BCUT2D eigenvalue weighted by Gasteiger charge is 2.37. The van der Waals surface area contributed by atoms with E-state index in [2.05, 4.69) is 0 Å². The van der Waals surface area contributed by atoms with Crippen molar-refractivity contribution in [1.29, 1.82) is 0 Å². The van der Waals surface area contributed by atoms with Gasteiger partial charge in [0.1, 0.15) is 11.9 Å². The van der Waals surface area contributed by atoms with Gasteiger partial charge in [0.05, 0.1) is 13.0 Å². The number of imide groups is 1. The quantitative estimate of drug-likeness (QED) is 0.834. The lowest BCUT2D eigenvalue weighted by Crippen LogP contribution is -2.59. The van der Waals surface area contributed by atoms with Crippen LogP contribution in [-0.2, 0) is 14.4 Å². The van der Waals surface area contributed by atoms with Gasteiger partial charge in [-0.2, -0.15) is 0 Å². The molecule has 1 saturated heterocycles. The summed E-state index contributed by atoms with van der Waals surface area (Å²) in [7, 11) is 0. The summed E-state index contributed by atoms with van der Waals surface area (Å²) < 4.78 is 12.9. The zero-order valence-electron chi connectivity index (χ0n) is 11.5. The van der Waals surface area contributed by atoms with Crippen molar-refractivity contribution >= 4 is 23.5 Å². The zero-order chi connectivity index (χ0) is 15.6. The Morgan fingerprint density at radius 1 is 1.33 bits per heavy atom. The van der Waals surface area contributed by atoms with Gasteiger partial charge in [0.2, 0.25) is 5.91 Å². The summed E-state index contributed by atoms with van der Waals surface area (Å²) in [6.45, 7) is 1.46. The van der Waals surface area contributed by atoms with Gasteiger partial charge >= 0.3 is 5.97 Å². The topological polar surface area (TPSA) is 77.9 Å². The lowest BCUT2D eigenvalue weighted by molar-refractivity contribution is -0.148. The number of rotatable bonds is 4. The van der Waals surface area contributed by atoms with Crippen LogP contribution in [0.15, 0.2) is 24.3 Å². The number of piperazine rings is 1. The van der Waals surface area contributed by atoms with E-state index in [9.17, 15) is 18.8 Å². The van der Waals surface area contributed by atoms with Crippen LogP contribution in [-0.4, -0.2) is 46.9 Å². The number of hydrogen-bond donors (Lipinski definition) is 1. The Bertz CT molecular complexity index is 573. The third-order valence-corrected chi connectivity index (χ3v) is 3.41. The Hall–Kier alpha value is -2.44. The predicted molar refractivity (Wildman–Crippen MR) is 72.2 cm³/mol. The van der Waals surface area contributed by atoms with Crippen molar-refractivity contribution in [2.24, 2.45) is 0 Å². The lowest BCUT2D eigenvalue weighted by atomic mass is 10.1. The molecule has 112 valence electrons. The number of nitrogens with zero attached hydrogens (tertiary/aromatic N) is 2. The van der Waals surface area contributed by atoms with E-state index in [4.69, 9.17) is 5.11 Å². The zero-order valence-corrected chi connectivity index (χ0v) is 11.5. The maximum Gasteiger partial charge on any atom is 0.305 e. The molecule has 6 nitrogen and oxygen atoms in total. The molecule has 0 spiro atoms. The summed E-state index contributed by atoms with van der Waals surface area (Å²) in [6, 6.07) is 4.90. The van der Waals surface area contributed by atoms with Gasteiger partial charge in [0.25, 0.3) is 5.91 Å². The summed E-state index contributed by atoms with van der Waals surface area (Å²) in [6.07, 6.45) is -0.277. The molecule has 21 heavy (non-hydrogen) atoms. The molecule has 1 aliphatic heterocycles. The van der Waals surface area contributed by atoms with Crippen LogP contribution in [0.1, 0.15) is 13.3 Å². The molecular formula is C14H15FN2O4. The number of hydrogen-bond acceptors (Lipinski definition) is 4. The van der Waals surface area contributed by atoms with Gasteiger partial charge in [-0.25, -0.2) is 4.39 Å². The van der Waals surface area contributed by atoms with Crippen molar-refractivity contribution in [3.63, 3.8) is 0 Å². The van der Waals surface area contributed by atoms with E-state index in [0.29, 0.717) is 5.69 Å². The van der Waals surface area contributed by atoms with Crippen LogP contribution < -0.4 is 4.90 Å². The summed E-state index contributed by atoms with van der Waals surface area (Å²) in [5, 5.41) is 8.64. The van der Waals surface area contributed by atoms with E-state index in [-0.39, 0.29) is 19.5 Å². The van der Waals surface area contributed by atoms with E-state index >= 15 is 0 Å². The minimum atomic E-state index is -1.07. The minimum Gasteiger partial charge on any atom is -0.481 e. The Kier molecular flexibility index (Phi) is 4.21. The molecule has 1 heterocycles. The first kappa shape index (κ1) is 15.0. The molecule has 1 aromatic carbocycles. The first-order chi connectivity index (χ1) is 9.90. The van der Waals surface area contributed by atoms with Gasteiger partial charge in [-0.3, -0.25) is 19.3 Å². The van der Waals surface area contributed by atoms with Crippen molar-refractivity contribution in [2.45, 2.75) is 19.4 Å². The molecule has 0 saturated carbocycles. The molecule has 7 heteroatoms. The van der Waals surface area contributed by atoms with Crippen LogP contribution in [0.25, 0.3) is 0 Å². The predicted octanol–water partition coefficient (Wildman–Crippen LogP) is 0.864. The summed E-state index contributed by atoms with van der Waals surface area (Å²) in [4.78, 5) is 37.3. The maximum absolute atomic E-state index is 12.9. The van der Waals surface area contributed by atoms with Crippen molar-refractivity contribution in [1.82, 2.24) is 4.90 Å². The van der Waals surface area contributed by atoms with Crippen LogP contribution in [0.3, 0.4) is 0 Å². The fourth-order valence-electron chi connectivity index (χ4n) is 2.24. The molecule has 2 rings (SSSR count). The van der Waals surface area contributed by atoms with Crippen LogP contribution in [0.2, 0.25) is 0 Å². The molecule has 1 fully saturated rings. The van der Waals surface area contributed by atoms with Gasteiger partial charge in [-0.15, -0.1) is 0 Å². The van der Waals surface area contributed by atoms with Crippen molar-refractivity contribution in [3.8, 4) is 0 Å². The normalized spacial score (nSPS) is 19.0. The van der Waals surface area contributed by atoms with Gasteiger partial charge in [0.15, 0.2) is 0 Å².